The zero-order valence-corrected chi connectivity index (χ0v) is 34.7. The number of aliphatic hydroxyl groups excluding tert-OH is 1. The lowest BCUT2D eigenvalue weighted by Gasteiger charge is -2.46. The Bertz CT molecular complexity index is 2170. The van der Waals surface area contributed by atoms with E-state index in [0.29, 0.717) is 32.1 Å². The number of carboxylic acid groups (broad SMARTS) is 1. The van der Waals surface area contributed by atoms with Gasteiger partial charge in [0.2, 0.25) is 27.7 Å². The minimum absolute atomic E-state index is 0.0408. The van der Waals surface area contributed by atoms with Crippen molar-refractivity contribution in [1.29, 1.82) is 0 Å². The Hall–Kier alpha value is -4.72. The summed E-state index contributed by atoms with van der Waals surface area (Å²) in [7, 11) is -3.12. The van der Waals surface area contributed by atoms with Gasteiger partial charge in [-0.1, -0.05) is 32.4 Å². The smallest absolute Gasteiger partial charge is 0.411 e. The molecule has 3 fully saturated rings. The first kappa shape index (κ1) is 44.8. The van der Waals surface area contributed by atoms with Gasteiger partial charge in [0, 0.05) is 23.9 Å². The maximum absolute atomic E-state index is 15.1. The van der Waals surface area contributed by atoms with Crippen LogP contribution in [-0.2, 0) is 24.4 Å². The Labute approximate surface area is 344 Å². The summed E-state index contributed by atoms with van der Waals surface area (Å²) in [5, 5.41) is 23.7. The van der Waals surface area contributed by atoms with E-state index >= 15 is 4.79 Å². The van der Waals surface area contributed by atoms with Crippen LogP contribution in [0.4, 0.5) is 22.4 Å². The molecule has 0 radical (unpaired) electrons. The number of aromatic nitrogens is 1. The molecule has 0 unspecified atom stereocenters. The summed E-state index contributed by atoms with van der Waals surface area (Å²) in [6, 6.07) is 0.555. The van der Waals surface area contributed by atoms with Gasteiger partial charge in [-0.2, -0.15) is 13.2 Å². The van der Waals surface area contributed by atoms with Gasteiger partial charge >= 0.3 is 12.3 Å². The average molecular weight is 870 g/mol. The molecule has 2 saturated carbocycles. The number of fused-ring (bicyclic) bond motifs is 3. The van der Waals surface area contributed by atoms with Crippen LogP contribution in [0.25, 0.3) is 10.8 Å². The SMILES string of the molecule is CC[C@@H]1C[C@@H](C)CC/C=C\[C@@H]2C[C@@]2(C(=O)NS(=O)(=O)C2(CO)CC2)NC(=O)[C@@H]2C[C@@H](Oc3nccc4cc(OC)c(F)cc34)CN2C(=O)[C@H]1N(C(=O)O)C(C)(C)C(F)(F)F. The summed E-state index contributed by atoms with van der Waals surface area (Å²) in [5.41, 5.74) is -4.93. The topological polar surface area (TPSA) is 205 Å². The van der Waals surface area contributed by atoms with Gasteiger partial charge in [0.25, 0.3) is 5.91 Å². The highest BCUT2D eigenvalue weighted by molar-refractivity contribution is 7.91. The minimum atomic E-state index is -5.14. The first-order valence-corrected chi connectivity index (χ1v) is 21.4. The molecule has 20 heteroatoms. The predicted molar refractivity (Wildman–Crippen MR) is 208 cm³/mol. The van der Waals surface area contributed by atoms with Gasteiger partial charge in [0.05, 0.1) is 20.3 Å². The van der Waals surface area contributed by atoms with E-state index in [2.05, 4.69) is 10.3 Å². The number of hydrogen-bond donors (Lipinski definition) is 4. The number of ether oxygens (including phenoxy) is 2. The number of benzene rings is 1. The second kappa shape index (κ2) is 16.3. The Morgan fingerprint density at radius 3 is 2.47 bits per heavy atom. The van der Waals surface area contributed by atoms with Gasteiger partial charge in [-0.15, -0.1) is 0 Å². The Morgan fingerprint density at radius 1 is 1.17 bits per heavy atom. The second-order valence-electron chi connectivity index (χ2n) is 17.0. The van der Waals surface area contributed by atoms with Gasteiger partial charge in [-0.3, -0.25) is 24.0 Å². The summed E-state index contributed by atoms with van der Waals surface area (Å²) < 4.78 is 97.6. The van der Waals surface area contributed by atoms with Crippen LogP contribution < -0.4 is 19.5 Å². The van der Waals surface area contributed by atoms with Crippen LogP contribution in [0, 0.1) is 23.6 Å². The number of methoxy groups -OCH3 is 1. The van der Waals surface area contributed by atoms with Crippen LogP contribution in [0.1, 0.15) is 79.1 Å². The number of rotatable bonds is 10. The number of alkyl halides is 3. The van der Waals surface area contributed by atoms with E-state index in [4.69, 9.17) is 9.47 Å². The summed E-state index contributed by atoms with van der Waals surface area (Å²) >= 11 is 0. The van der Waals surface area contributed by atoms with E-state index in [0.717, 1.165) is 11.0 Å². The van der Waals surface area contributed by atoms with Crippen molar-refractivity contribution in [3.05, 3.63) is 42.4 Å². The van der Waals surface area contributed by atoms with Gasteiger partial charge in [-0.25, -0.2) is 22.6 Å². The third-order valence-corrected chi connectivity index (χ3v) is 14.8. The van der Waals surface area contributed by atoms with E-state index < -0.39 is 105 Å². The van der Waals surface area contributed by atoms with Crippen molar-refractivity contribution >= 4 is 44.6 Å². The lowest BCUT2D eigenvalue weighted by atomic mass is 9.82. The molecule has 4 aliphatic rings. The third kappa shape index (κ3) is 8.20. The monoisotopic (exact) mass is 869 g/mol. The van der Waals surface area contributed by atoms with Crippen molar-refractivity contribution in [3.8, 4) is 11.6 Å². The summed E-state index contributed by atoms with van der Waals surface area (Å²) in [6.45, 7) is 3.59. The van der Waals surface area contributed by atoms with E-state index in [1.54, 1.807) is 25.1 Å². The van der Waals surface area contributed by atoms with E-state index in [9.17, 15) is 50.6 Å². The molecule has 1 aromatic heterocycles. The minimum Gasteiger partial charge on any atom is -0.494 e. The van der Waals surface area contributed by atoms with Gasteiger partial charge in [0.1, 0.15) is 34.0 Å². The lowest BCUT2D eigenvalue weighted by Crippen LogP contribution is -2.66. The number of halogens is 4. The van der Waals surface area contributed by atoms with Gasteiger partial charge in [0.15, 0.2) is 11.6 Å². The fraction of sp³-hybridized carbons (Fsp3) is 0.625. The molecule has 4 N–H and O–H groups in total. The van der Waals surface area contributed by atoms with Crippen molar-refractivity contribution in [2.24, 2.45) is 17.8 Å². The largest absolute Gasteiger partial charge is 0.494 e. The highest BCUT2D eigenvalue weighted by Crippen LogP contribution is 2.48. The maximum Gasteiger partial charge on any atom is 0.411 e. The maximum atomic E-state index is 15.1. The van der Waals surface area contributed by atoms with E-state index in [1.165, 1.54) is 19.4 Å². The molecule has 2 aliphatic carbocycles. The number of allylic oxidation sites excluding steroid dienone is 1. The predicted octanol–water partition coefficient (Wildman–Crippen LogP) is 4.67. The Kier molecular flexibility index (Phi) is 12.2. The first-order chi connectivity index (χ1) is 28.1. The molecular weight excluding hydrogens is 819 g/mol. The number of nitrogens with zero attached hydrogens (tertiary/aromatic N) is 3. The highest BCUT2D eigenvalue weighted by atomic mass is 32.2. The molecule has 0 bridgehead atoms. The molecular formula is C40H51F4N5O10S. The van der Waals surface area contributed by atoms with E-state index in [1.807, 2.05) is 11.6 Å². The van der Waals surface area contributed by atoms with Crippen LogP contribution in [0.15, 0.2) is 36.5 Å². The average Bonchev–Trinajstić information content (AvgIpc) is 4.08. The van der Waals surface area contributed by atoms with Crippen LogP contribution in [0.3, 0.4) is 0 Å². The number of hydrogen-bond acceptors (Lipinski definition) is 10. The molecule has 6 rings (SSSR count). The zero-order chi connectivity index (χ0) is 44.2. The summed E-state index contributed by atoms with van der Waals surface area (Å²) in [4.78, 5) is 62.0. The van der Waals surface area contributed by atoms with E-state index in [-0.39, 0.29) is 66.4 Å². The fourth-order valence-corrected chi connectivity index (χ4v) is 9.97. The summed E-state index contributed by atoms with van der Waals surface area (Å²) in [6.07, 6.45) is -2.54. The van der Waals surface area contributed by atoms with Crippen molar-refractivity contribution in [2.75, 3.05) is 20.3 Å². The number of carbonyl (C=O) groups is 4. The number of aliphatic hydroxyl groups is 1. The number of pyridine rings is 1. The third-order valence-electron chi connectivity index (χ3n) is 12.7. The molecule has 15 nitrogen and oxygen atoms in total. The van der Waals surface area contributed by atoms with Crippen LogP contribution in [0.5, 0.6) is 11.6 Å². The standard InChI is InChI=1S/C40H51F4N5O10S/c1-6-23-15-22(2)9-7-8-10-25-19-39(25,35(53)47-60(56,57)38(21-50)12-13-38)46-32(51)29-17-26(59-33-27-18-28(41)30(58-5)16-24(27)11-14-45-33)20-48(29)34(52)31(23)49(36(54)55)37(3,4)40(42,43)44/h8,10-11,14,16,18,22-23,25-26,29,31,50H,6-7,9,12-13,15,17,19-21H2,1-5H3,(H,46,51)(H,47,53)(H,54,55)/b10-8-/t22-,23+,25+,26+,29-,31-,39+/m0/s1. The number of nitrogens with one attached hydrogen (secondary N) is 2. The molecule has 4 amide bonds. The van der Waals surface area contributed by atoms with Crippen LogP contribution >= 0.6 is 0 Å². The van der Waals surface area contributed by atoms with Crippen molar-refractivity contribution in [3.63, 3.8) is 0 Å². The Morgan fingerprint density at radius 2 is 1.87 bits per heavy atom. The van der Waals surface area contributed by atoms with Gasteiger partial charge in [-0.05, 0) is 87.8 Å². The normalized spacial score (nSPS) is 28.9. The number of amides is 4. The molecule has 1 saturated heterocycles. The van der Waals surface area contributed by atoms with Crippen molar-refractivity contribution < 1.29 is 64.8 Å². The van der Waals surface area contributed by atoms with Crippen molar-refractivity contribution in [1.82, 2.24) is 24.8 Å². The zero-order valence-electron chi connectivity index (χ0n) is 33.9. The van der Waals surface area contributed by atoms with Crippen LogP contribution in [-0.4, -0.2) is 118 Å². The second-order valence-corrected chi connectivity index (χ2v) is 19.1. The quantitative estimate of drug-likeness (QED) is 0.191. The Balaban J connectivity index is 1.44. The number of carbonyl (C=O) groups excluding carboxylic acids is 3. The number of sulfonamides is 1. The molecule has 3 heterocycles. The molecule has 330 valence electrons. The molecule has 60 heavy (non-hydrogen) atoms. The molecule has 1 aromatic carbocycles. The molecule has 7 atom stereocenters. The highest BCUT2D eigenvalue weighted by Gasteiger charge is 2.64. The molecule has 2 aromatic rings. The first-order valence-electron chi connectivity index (χ1n) is 19.9. The van der Waals surface area contributed by atoms with Gasteiger partial charge < -0.3 is 29.9 Å². The molecule has 2 aliphatic heterocycles. The van der Waals surface area contributed by atoms with Crippen LogP contribution in [0.2, 0.25) is 0 Å². The fourth-order valence-electron chi connectivity index (χ4n) is 8.52. The summed E-state index contributed by atoms with van der Waals surface area (Å²) in [5.74, 6) is -5.97. The molecule has 0 spiro atoms. The lowest BCUT2D eigenvalue weighted by molar-refractivity contribution is -0.222. The van der Waals surface area contributed by atoms with Crippen molar-refractivity contribution in [2.45, 2.75) is 119 Å².